The first-order chi connectivity index (χ1) is 15.6. The summed E-state index contributed by atoms with van der Waals surface area (Å²) in [5.41, 5.74) is 1.25. The molecule has 0 bridgehead atoms. The molecule has 0 radical (unpaired) electrons. The second kappa shape index (κ2) is 6.68. The first-order valence-electron chi connectivity index (χ1n) is 10.2. The Kier molecular flexibility index (Phi) is 3.89. The molecule has 158 valence electrons. The molecule has 0 saturated carbocycles. The molecule has 1 saturated heterocycles. The zero-order chi connectivity index (χ0) is 21.9. The van der Waals surface area contributed by atoms with Gasteiger partial charge in [0.15, 0.2) is 0 Å². The van der Waals surface area contributed by atoms with Crippen molar-refractivity contribution < 1.29 is 14.0 Å². The fourth-order valence-corrected chi connectivity index (χ4v) is 4.97. The molecule has 2 atom stereocenters. The predicted octanol–water partition coefficient (Wildman–Crippen LogP) is 2.74. The van der Waals surface area contributed by atoms with E-state index >= 15 is 0 Å². The summed E-state index contributed by atoms with van der Waals surface area (Å²) >= 11 is 0. The number of carbonyl (C=O) groups excluding carboxylic acids is 2. The maximum Gasteiger partial charge on any atom is 0.294 e. The number of fused-ring (bicyclic) bond motifs is 3. The summed E-state index contributed by atoms with van der Waals surface area (Å²) in [6.07, 6.45) is 3.66. The molecule has 9 heteroatoms. The van der Waals surface area contributed by atoms with Gasteiger partial charge in [-0.05, 0) is 41.8 Å². The van der Waals surface area contributed by atoms with Crippen LogP contribution < -0.4 is 5.32 Å². The number of anilines is 1. The third-order valence-electron chi connectivity index (χ3n) is 6.34. The van der Waals surface area contributed by atoms with Crippen LogP contribution in [0.5, 0.6) is 0 Å². The maximum absolute atomic E-state index is 13.7. The van der Waals surface area contributed by atoms with Crippen LogP contribution >= 0.6 is 0 Å². The second-order valence-electron chi connectivity index (χ2n) is 7.97. The summed E-state index contributed by atoms with van der Waals surface area (Å²) in [5.74, 6) is -0.651. The number of hydrogen-bond acceptors (Lipinski definition) is 5. The van der Waals surface area contributed by atoms with E-state index in [1.807, 2.05) is 24.3 Å². The third kappa shape index (κ3) is 2.51. The Morgan fingerprint density at radius 2 is 1.94 bits per heavy atom. The van der Waals surface area contributed by atoms with E-state index in [4.69, 9.17) is 0 Å². The largest absolute Gasteiger partial charge is 0.327 e. The van der Waals surface area contributed by atoms with Crippen molar-refractivity contribution in [2.75, 3.05) is 11.9 Å². The van der Waals surface area contributed by atoms with Crippen LogP contribution in [0.3, 0.4) is 0 Å². The average Bonchev–Trinajstić information content (AvgIpc) is 3.49. The van der Waals surface area contributed by atoms with Gasteiger partial charge >= 0.3 is 0 Å². The Labute approximate surface area is 181 Å². The lowest BCUT2D eigenvalue weighted by atomic mass is 9.72. The lowest BCUT2D eigenvalue weighted by Gasteiger charge is -2.34. The molecule has 2 amide bonds. The first-order valence-corrected chi connectivity index (χ1v) is 10.2. The maximum atomic E-state index is 13.7. The molecule has 32 heavy (non-hydrogen) atoms. The van der Waals surface area contributed by atoms with Gasteiger partial charge in [-0.1, -0.05) is 30.3 Å². The fourth-order valence-electron chi connectivity index (χ4n) is 4.97. The zero-order valence-electron chi connectivity index (χ0n) is 16.8. The molecular formula is C23H17FN6O2. The third-order valence-corrected chi connectivity index (χ3v) is 6.34. The van der Waals surface area contributed by atoms with Gasteiger partial charge in [-0.2, -0.15) is 4.98 Å². The van der Waals surface area contributed by atoms with Gasteiger partial charge in [0, 0.05) is 24.6 Å². The molecule has 4 aromatic rings. The molecule has 2 aromatic carbocycles. The molecular weight excluding hydrogens is 411 g/mol. The molecule has 6 rings (SSSR count). The number of carbonyl (C=O) groups is 2. The van der Waals surface area contributed by atoms with Crippen LogP contribution in [0.2, 0.25) is 0 Å². The number of benzene rings is 2. The quantitative estimate of drug-likeness (QED) is 0.530. The summed E-state index contributed by atoms with van der Waals surface area (Å²) in [5, 5.41) is 7.23. The summed E-state index contributed by atoms with van der Waals surface area (Å²) in [6, 6.07) is 14.5. The number of nitrogens with zero attached hydrogens (tertiary/aromatic N) is 5. The van der Waals surface area contributed by atoms with Gasteiger partial charge in [0.25, 0.3) is 11.7 Å². The number of nitrogens with one attached hydrogen (secondary N) is 1. The van der Waals surface area contributed by atoms with Crippen molar-refractivity contribution in [1.82, 2.24) is 24.5 Å². The lowest BCUT2D eigenvalue weighted by molar-refractivity contribution is -0.121. The highest BCUT2D eigenvalue weighted by atomic mass is 19.1. The van der Waals surface area contributed by atoms with Crippen LogP contribution in [0, 0.1) is 5.82 Å². The minimum absolute atomic E-state index is 0.000415. The molecule has 0 aliphatic carbocycles. The molecule has 1 fully saturated rings. The molecule has 2 aliphatic heterocycles. The van der Waals surface area contributed by atoms with Gasteiger partial charge in [0.2, 0.25) is 11.7 Å². The normalized spacial score (nSPS) is 21.8. The summed E-state index contributed by atoms with van der Waals surface area (Å²) < 4.78 is 15.1. The Balaban J connectivity index is 1.50. The van der Waals surface area contributed by atoms with Crippen LogP contribution in [0.25, 0.3) is 5.78 Å². The summed E-state index contributed by atoms with van der Waals surface area (Å²) in [4.78, 5) is 37.0. The van der Waals surface area contributed by atoms with Crippen LogP contribution in [-0.4, -0.2) is 42.8 Å². The van der Waals surface area contributed by atoms with Gasteiger partial charge in [0.05, 0.1) is 6.04 Å². The Morgan fingerprint density at radius 1 is 1.12 bits per heavy atom. The molecule has 0 unspecified atom stereocenters. The number of amides is 2. The number of rotatable bonds is 2. The average molecular weight is 428 g/mol. The van der Waals surface area contributed by atoms with Crippen molar-refractivity contribution in [2.24, 2.45) is 0 Å². The lowest BCUT2D eigenvalue weighted by Crippen LogP contribution is -2.42. The fraction of sp³-hybridized carbons (Fsp3) is 0.174. The molecule has 4 heterocycles. The van der Waals surface area contributed by atoms with E-state index in [0.29, 0.717) is 24.3 Å². The summed E-state index contributed by atoms with van der Waals surface area (Å²) in [6.45, 7) is 0.325. The Hall–Kier alpha value is -4.14. The van der Waals surface area contributed by atoms with E-state index in [9.17, 15) is 14.0 Å². The van der Waals surface area contributed by atoms with E-state index in [2.05, 4.69) is 20.4 Å². The van der Waals surface area contributed by atoms with Gasteiger partial charge in [-0.3, -0.25) is 9.59 Å². The van der Waals surface area contributed by atoms with E-state index in [0.717, 1.165) is 11.3 Å². The van der Waals surface area contributed by atoms with Crippen molar-refractivity contribution in [3.05, 3.63) is 89.8 Å². The van der Waals surface area contributed by atoms with E-state index < -0.39 is 17.4 Å². The molecule has 1 spiro atoms. The molecule has 2 aliphatic rings. The minimum atomic E-state index is -0.985. The van der Waals surface area contributed by atoms with Crippen molar-refractivity contribution in [2.45, 2.75) is 17.9 Å². The zero-order valence-corrected chi connectivity index (χ0v) is 16.8. The second-order valence-corrected chi connectivity index (χ2v) is 7.97. The number of para-hydroxylation sites is 1. The highest BCUT2D eigenvalue weighted by Crippen LogP contribution is 2.54. The number of likely N-dealkylation sites (tertiary alicyclic amines) is 1. The van der Waals surface area contributed by atoms with Gasteiger partial charge in [0.1, 0.15) is 11.2 Å². The molecule has 2 aromatic heterocycles. The van der Waals surface area contributed by atoms with E-state index in [1.54, 1.807) is 35.5 Å². The molecule has 8 nitrogen and oxygen atoms in total. The van der Waals surface area contributed by atoms with Gasteiger partial charge in [-0.25, -0.2) is 13.9 Å². The van der Waals surface area contributed by atoms with Crippen LogP contribution in [-0.2, 0) is 10.2 Å². The standard InChI is InChI=1S/C23H17FN6O2/c24-15-8-6-14(7-9-15)18-23(16-4-1-2-5-17(16)26-21(23)32)10-13-29(18)20(31)19-27-22-25-11-3-12-30(22)28-19/h1-9,11-12,18H,10,13H2,(H,26,32)/t18-,23+/m0/s1. The van der Waals surface area contributed by atoms with Crippen molar-refractivity contribution in [1.29, 1.82) is 0 Å². The Bertz CT molecular complexity index is 1350. The Morgan fingerprint density at radius 3 is 2.75 bits per heavy atom. The van der Waals surface area contributed by atoms with Crippen LogP contribution in [0.4, 0.5) is 10.1 Å². The van der Waals surface area contributed by atoms with Crippen molar-refractivity contribution in [3.63, 3.8) is 0 Å². The molecule has 1 N–H and O–H groups in total. The smallest absolute Gasteiger partial charge is 0.294 e. The predicted molar refractivity (Wildman–Crippen MR) is 112 cm³/mol. The van der Waals surface area contributed by atoms with Crippen molar-refractivity contribution in [3.8, 4) is 0 Å². The topological polar surface area (TPSA) is 92.5 Å². The van der Waals surface area contributed by atoms with Gasteiger partial charge in [-0.15, -0.1) is 5.10 Å². The van der Waals surface area contributed by atoms with Gasteiger partial charge < -0.3 is 10.2 Å². The number of halogens is 1. The highest BCUT2D eigenvalue weighted by molar-refractivity contribution is 6.08. The monoisotopic (exact) mass is 428 g/mol. The van der Waals surface area contributed by atoms with E-state index in [-0.39, 0.29) is 17.5 Å². The summed E-state index contributed by atoms with van der Waals surface area (Å²) in [7, 11) is 0. The van der Waals surface area contributed by atoms with Crippen LogP contribution in [0.1, 0.15) is 34.2 Å². The minimum Gasteiger partial charge on any atom is -0.327 e. The number of hydrogen-bond donors (Lipinski definition) is 1. The SMILES string of the molecule is O=C(c1nc2ncccn2n1)N1CC[C@]2(C(=O)Nc3ccccc32)[C@@H]1c1ccc(F)cc1. The van der Waals surface area contributed by atoms with E-state index in [1.165, 1.54) is 16.6 Å². The highest BCUT2D eigenvalue weighted by Gasteiger charge is 2.59. The van der Waals surface area contributed by atoms with Crippen LogP contribution in [0.15, 0.2) is 67.0 Å². The number of aromatic nitrogens is 4. The van der Waals surface area contributed by atoms with Crippen molar-refractivity contribution >= 4 is 23.3 Å². The first kappa shape index (κ1) is 18.6.